The summed E-state index contributed by atoms with van der Waals surface area (Å²) in [7, 11) is 0. The van der Waals surface area contributed by atoms with Gasteiger partial charge < -0.3 is 9.84 Å². The number of nitrogens with one attached hydrogen (secondary N) is 1. The molecule has 0 radical (unpaired) electrons. The Morgan fingerprint density at radius 2 is 2.16 bits per heavy atom. The lowest BCUT2D eigenvalue weighted by Gasteiger charge is -2.46. The third-order valence-electron chi connectivity index (χ3n) is 4.16. The monoisotopic (exact) mass is 265 g/mol. The van der Waals surface area contributed by atoms with E-state index in [0.29, 0.717) is 6.04 Å². The molecule has 2 bridgehead atoms. The second-order valence-electron chi connectivity index (χ2n) is 5.55. The van der Waals surface area contributed by atoms with Gasteiger partial charge in [0.05, 0.1) is 6.04 Å². The van der Waals surface area contributed by atoms with Crippen molar-refractivity contribution in [2.45, 2.75) is 25.8 Å². The van der Waals surface area contributed by atoms with E-state index < -0.39 is 0 Å². The average molecular weight is 265 g/mol. The fraction of sp³-hybridized carbons (Fsp3) is 0.846. The number of hydrogen-bond acceptors (Lipinski definition) is 6. The van der Waals surface area contributed by atoms with E-state index >= 15 is 0 Å². The Morgan fingerprint density at radius 3 is 2.79 bits per heavy atom. The average Bonchev–Trinajstić information content (AvgIpc) is 2.95. The second-order valence-corrected chi connectivity index (χ2v) is 5.55. The van der Waals surface area contributed by atoms with Crippen LogP contribution in [-0.4, -0.2) is 65.8 Å². The Balaban J connectivity index is 1.67. The first-order valence-corrected chi connectivity index (χ1v) is 7.28. The summed E-state index contributed by atoms with van der Waals surface area (Å²) in [6, 6.07) is 0.325. The van der Waals surface area contributed by atoms with E-state index in [2.05, 4.69) is 39.1 Å². The van der Waals surface area contributed by atoms with Gasteiger partial charge in [0.1, 0.15) is 0 Å². The van der Waals surface area contributed by atoms with Crippen molar-refractivity contribution in [2.24, 2.45) is 0 Å². The van der Waals surface area contributed by atoms with Crippen LogP contribution in [0.15, 0.2) is 4.52 Å². The lowest BCUT2D eigenvalue weighted by molar-refractivity contribution is 0.00781. The Bertz CT molecular complexity index is 413. The van der Waals surface area contributed by atoms with Crippen LogP contribution in [0, 0.1) is 0 Å². The number of hydrogen-bond donors (Lipinski definition) is 1. The van der Waals surface area contributed by atoms with Crippen LogP contribution >= 0.6 is 0 Å². The van der Waals surface area contributed by atoms with Crippen LogP contribution < -0.4 is 5.32 Å². The van der Waals surface area contributed by atoms with Crippen molar-refractivity contribution < 1.29 is 4.52 Å². The molecular formula is C13H23N5O. The van der Waals surface area contributed by atoms with Crippen LogP contribution in [-0.2, 0) is 0 Å². The third-order valence-corrected chi connectivity index (χ3v) is 4.16. The largest absolute Gasteiger partial charge is 0.339 e. The predicted octanol–water partition coefficient (Wildman–Crippen LogP) is 0.455. The highest BCUT2D eigenvalue weighted by molar-refractivity contribution is 5.03. The summed E-state index contributed by atoms with van der Waals surface area (Å²) in [4.78, 5) is 9.58. The quantitative estimate of drug-likeness (QED) is 0.834. The van der Waals surface area contributed by atoms with Gasteiger partial charge in [0.25, 0.3) is 0 Å². The summed E-state index contributed by atoms with van der Waals surface area (Å²) in [6.07, 6.45) is 0. The van der Waals surface area contributed by atoms with Gasteiger partial charge in [0.2, 0.25) is 5.89 Å². The van der Waals surface area contributed by atoms with Gasteiger partial charge in [-0.25, -0.2) is 0 Å². The first kappa shape index (κ1) is 13.0. The van der Waals surface area contributed by atoms with Gasteiger partial charge in [-0.1, -0.05) is 19.0 Å². The molecule has 4 heterocycles. The standard InChI is InChI=1S/C13H23N5O/c1-3-14-8-10(2)13-15-12(16-19-13)11-9-17-4-6-18(11)7-5-17/h10-11,14H,3-9H2,1-2H3. The van der Waals surface area contributed by atoms with Crippen LogP contribution in [0.25, 0.3) is 0 Å². The van der Waals surface area contributed by atoms with Gasteiger partial charge in [-0.15, -0.1) is 0 Å². The molecular weight excluding hydrogens is 242 g/mol. The molecule has 2 atom stereocenters. The minimum Gasteiger partial charge on any atom is -0.339 e. The summed E-state index contributed by atoms with van der Waals surface area (Å²) in [6.45, 7) is 11.7. The van der Waals surface area contributed by atoms with Crippen molar-refractivity contribution >= 4 is 0 Å². The zero-order valence-corrected chi connectivity index (χ0v) is 11.8. The van der Waals surface area contributed by atoms with Crippen LogP contribution in [0.1, 0.15) is 37.5 Å². The molecule has 0 spiro atoms. The van der Waals surface area contributed by atoms with E-state index in [1.54, 1.807) is 0 Å². The van der Waals surface area contributed by atoms with Gasteiger partial charge in [-0.05, 0) is 6.54 Å². The summed E-state index contributed by atoms with van der Waals surface area (Å²) < 4.78 is 5.44. The van der Waals surface area contributed by atoms with Crippen molar-refractivity contribution in [3.63, 3.8) is 0 Å². The van der Waals surface area contributed by atoms with Gasteiger partial charge in [-0.3, -0.25) is 9.80 Å². The maximum absolute atomic E-state index is 5.44. The first-order valence-electron chi connectivity index (χ1n) is 7.28. The van der Waals surface area contributed by atoms with Gasteiger partial charge >= 0.3 is 0 Å². The van der Waals surface area contributed by atoms with Gasteiger partial charge in [-0.2, -0.15) is 4.98 Å². The summed E-state index contributed by atoms with van der Waals surface area (Å²) in [5.41, 5.74) is 0. The number of aromatic nitrogens is 2. The number of fused-ring (bicyclic) bond motifs is 3. The van der Waals surface area contributed by atoms with E-state index in [0.717, 1.165) is 44.4 Å². The van der Waals surface area contributed by atoms with Gasteiger partial charge in [0, 0.05) is 45.2 Å². The van der Waals surface area contributed by atoms with Crippen LogP contribution in [0.3, 0.4) is 0 Å². The number of rotatable bonds is 5. The van der Waals surface area contributed by atoms with Crippen molar-refractivity contribution in [3.8, 4) is 0 Å². The number of nitrogens with zero attached hydrogens (tertiary/aromatic N) is 4. The predicted molar refractivity (Wildman–Crippen MR) is 72.0 cm³/mol. The van der Waals surface area contributed by atoms with Crippen molar-refractivity contribution in [3.05, 3.63) is 11.7 Å². The first-order chi connectivity index (χ1) is 9.28. The molecule has 3 aliphatic heterocycles. The highest BCUT2D eigenvalue weighted by atomic mass is 16.5. The third kappa shape index (κ3) is 2.66. The van der Waals surface area contributed by atoms with Gasteiger partial charge in [0.15, 0.2) is 5.82 Å². The highest BCUT2D eigenvalue weighted by Crippen LogP contribution is 2.27. The fourth-order valence-corrected chi connectivity index (χ4v) is 2.89. The molecule has 1 N–H and O–H groups in total. The SMILES string of the molecule is CCNCC(C)c1nc(C2CN3CCN2CC3)no1. The molecule has 3 aliphatic rings. The molecule has 4 rings (SSSR count). The topological polar surface area (TPSA) is 57.4 Å². The summed E-state index contributed by atoms with van der Waals surface area (Å²) in [5, 5.41) is 7.52. The molecule has 1 aromatic rings. The molecule has 19 heavy (non-hydrogen) atoms. The highest BCUT2D eigenvalue weighted by Gasteiger charge is 2.35. The smallest absolute Gasteiger partial charge is 0.230 e. The van der Waals surface area contributed by atoms with Crippen LogP contribution in [0.2, 0.25) is 0 Å². The van der Waals surface area contributed by atoms with Crippen LogP contribution in [0.4, 0.5) is 0 Å². The van der Waals surface area contributed by atoms with E-state index in [9.17, 15) is 0 Å². The minimum atomic E-state index is 0.275. The molecule has 1 aromatic heterocycles. The Labute approximate surface area is 114 Å². The fourth-order valence-electron chi connectivity index (χ4n) is 2.89. The molecule has 106 valence electrons. The maximum atomic E-state index is 5.44. The molecule has 6 heteroatoms. The molecule has 0 saturated carbocycles. The Morgan fingerprint density at radius 1 is 1.37 bits per heavy atom. The normalized spacial score (nSPS) is 31.6. The molecule has 2 unspecified atom stereocenters. The molecule has 6 nitrogen and oxygen atoms in total. The summed E-state index contributed by atoms with van der Waals surface area (Å²) in [5.74, 6) is 1.90. The van der Waals surface area contributed by atoms with E-state index in [1.165, 1.54) is 13.1 Å². The molecule has 0 aromatic carbocycles. The summed E-state index contributed by atoms with van der Waals surface area (Å²) >= 11 is 0. The molecule has 0 aliphatic carbocycles. The molecule has 0 amide bonds. The van der Waals surface area contributed by atoms with Crippen molar-refractivity contribution in [2.75, 3.05) is 45.8 Å². The zero-order valence-electron chi connectivity index (χ0n) is 11.8. The molecule has 3 saturated heterocycles. The lowest BCUT2D eigenvalue weighted by atomic mass is 10.1. The molecule has 3 fully saturated rings. The number of likely N-dealkylation sites (N-methyl/N-ethyl adjacent to an activating group) is 1. The van der Waals surface area contributed by atoms with Crippen LogP contribution in [0.5, 0.6) is 0 Å². The van der Waals surface area contributed by atoms with E-state index in [1.807, 2.05) is 0 Å². The van der Waals surface area contributed by atoms with Crippen molar-refractivity contribution in [1.29, 1.82) is 0 Å². The second kappa shape index (κ2) is 5.56. The van der Waals surface area contributed by atoms with E-state index in [4.69, 9.17) is 4.52 Å². The Hall–Kier alpha value is -0.980. The van der Waals surface area contributed by atoms with E-state index in [-0.39, 0.29) is 5.92 Å². The maximum Gasteiger partial charge on any atom is 0.230 e. The Kier molecular flexibility index (Phi) is 3.81. The number of piperazine rings is 3. The zero-order chi connectivity index (χ0) is 13.2. The van der Waals surface area contributed by atoms with Crippen molar-refractivity contribution in [1.82, 2.24) is 25.3 Å². The minimum absolute atomic E-state index is 0.275. The lowest BCUT2D eigenvalue weighted by Crippen LogP contribution is -2.57.